The molecule has 16 heteroatoms. The van der Waals surface area contributed by atoms with Gasteiger partial charge in [-0.1, -0.05) is 77.0 Å². The molecule has 0 aliphatic rings. The van der Waals surface area contributed by atoms with Crippen LogP contribution in [0.1, 0.15) is 116 Å². The number of aliphatic carboxylic acids is 2. The van der Waals surface area contributed by atoms with Crippen molar-refractivity contribution < 1.29 is 57.9 Å². The van der Waals surface area contributed by atoms with Crippen LogP contribution in [0.15, 0.2) is 0 Å². The van der Waals surface area contributed by atoms with Crippen molar-refractivity contribution in [1.82, 2.24) is 16.0 Å². The summed E-state index contributed by atoms with van der Waals surface area (Å²) >= 11 is 0. The van der Waals surface area contributed by atoms with E-state index in [0.29, 0.717) is 13.0 Å². The summed E-state index contributed by atoms with van der Waals surface area (Å²) in [6.45, 7) is 1.57. The van der Waals surface area contributed by atoms with Crippen LogP contribution in [-0.4, -0.2) is 118 Å². The Morgan fingerprint density at radius 2 is 0.922 bits per heavy atom. The van der Waals surface area contributed by atoms with Crippen LogP contribution in [0.4, 0.5) is 0 Å². The largest absolute Gasteiger partial charge is 0.481 e. The minimum absolute atomic E-state index is 0.0199. The van der Waals surface area contributed by atoms with Crippen LogP contribution in [-0.2, 0) is 47.7 Å². The van der Waals surface area contributed by atoms with Gasteiger partial charge in [0.05, 0.1) is 39.6 Å². The Balaban J connectivity index is 3.66. The third-order valence-electron chi connectivity index (χ3n) is 7.70. The number of nitrogens with one attached hydrogen (secondary N) is 3. The number of ether oxygens (including phenoxy) is 4. The van der Waals surface area contributed by atoms with E-state index in [-0.39, 0.29) is 103 Å². The average molecular weight is 733 g/mol. The Hall–Kier alpha value is -3.34. The number of carboxylic acid groups (broad SMARTS) is 2. The molecule has 0 aromatic heterocycles. The minimum atomic E-state index is -1.18. The second-order valence-electron chi connectivity index (χ2n) is 12.3. The fraction of sp³-hybridized carbons (Fsp3) is 0.829. The lowest BCUT2D eigenvalue weighted by molar-refractivity contribution is -0.142. The molecule has 0 aliphatic heterocycles. The van der Waals surface area contributed by atoms with Crippen molar-refractivity contribution >= 4 is 35.6 Å². The summed E-state index contributed by atoms with van der Waals surface area (Å²) in [5.74, 6) is -3.43. The Morgan fingerprint density at radius 1 is 0.490 bits per heavy atom. The number of hydrogen-bond donors (Lipinski definition) is 6. The first-order valence-electron chi connectivity index (χ1n) is 18.5. The van der Waals surface area contributed by atoms with Crippen LogP contribution in [0.5, 0.6) is 0 Å². The van der Waals surface area contributed by atoms with Crippen LogP contribution in [0.3, 0.4) is 0 Å². The van der Waals surface area contributed by atoms with Crippen molar-refractivity contribution in [3.63, 3.8) is 0 Å². The zero-order valence-electron chi connectivity index (χ0n) is 30.4. The van der Waals surface area contributed by atoms with E-state index in [1.807, 2.05) is 0 Å². The summed E-state index contributed by atoms with van der Waals surface area (Å²) in [5.41, 5.74) is 4.94. The molecule has 0 fully saturated rings. The molecule has 7 N–H and O–H groups in total. The predicted molar refractivity (Wildman–Crippen MR) is 189 cm³/mol. The van der Waals surface area contributed by atoms with E-state index in [1.54, 1.807) is 0 Å². The molecule has 0 saturated carbocycles. The fourth-order valence-corrected chi connectivity index (χ4v) is 4.92. The second kappa shape index (κ2) is 35.1. The number of nitrogens with two attached hydrogens (primary N) is 1. The number of unbranched alkanes of at least 4 members (excludes halogenated alkanes) is 13. The van der Waals surface area contributed by atoms with Gasteiger partial charge in [-0.15, -0.1) is 0 Å². The van der Waals surface area contributed by atoms with Crippen molar-refractivity contribution in [2.75, 3.05) is 65.9 Å². The first-order valence-corrected chi connectivity index (χ1v) is 18.5. The van der Waals surface area contributed by atoms with Gasteiger partial charge in [-0.25, -0.2) is 4.79 Å². The number of carbonyl (C=O) groups is 6. The van der Waals surface area contributed by atoms with E-state index in [1.165, 1.54) is 44.9 Å². The number of hydrogen-bond acceptors (Lipinski definition) is 10. The molecule has 0 unspecified atom stereocenters. The Morgan fingerprint density at radius 3 is 1.39 bits per heavy atom. The Kier molecular flexibility index (Phi) is 32.8. The first-order chi connectivity index (χ1) is 24.6. The summed E-state index contributed by atoms with van der Waals surface area (Å²) < 4.78 is 20.7. The minimum Gasteiger partial charge on any atom is -0.481 e. The van der Waals surface area contributed by atoms with E-state index < -0.39 is 23.9 Å². The van der Waals surface area contributed by atoms with Gasteiger partial charge in [0, 0.05) is 32.4 Å². The highest BCUT2D eigenvalue weighted by molar-refractivity contribution is 5.84. The highest BCUT2D eigenvalue weighted by Gasteiger charge is 2.20. The van der Waals surface area contributed by atoms with Crippen LogP contribution >= 0.6 is 0 Å². The smallest absolute Gasteiger partial charge is 0.326 e. The summed E-state index contributed by atoms with van der Waals surface area (Å²) in [6.07, 6.45) is 15.6. The van der Waals surface area contributed by atoms with Gasteiger partial charge >= 0.3 is 11.9 Å². The highest BCUT2D eigenvalue weighted by atomic mass is 16.5. The molecular weight excluding hydrogens is 668 g/mol. The summed E-state index contributed by atoms with van der Waals surface area (Å²) in [4.78, 5) is 68.7. The van der Waals surface area contributed by atoms with Gasteiger partial charge in [-0.05, 0) is 19.3 Å². The molecule has 0 aliphatic carbocycles. The monoisotopic (exact) mass is 732 g/mol. The standard InChI is InChI=1S/C35H64N4O12/c36-30(40)27-50-25-23-49-22-20-38-33(43)28-51-26-24-48-21-19-37-31(41)18-17-29(35(46)47)39-32(42)15-13-11-9-7-5-3-1-2-4-6-8-10-12-14-16-34(44)45/h29H,1-28H2,(H2,36,40)(H,37,41)(H,38,43)(H,39,42)(H,44,45)(H,46,47)/t29-/m0/s1. The molecule has 296 valence electrons. The highest BCUT2D eigenvalue weighted by Crippen LogP contribution is 2.14. The zero-order chi connectivity index (χ0) is 37.8. The van der Waals surface area contributed by atoms with E-state index >= 15 is 0 Å². The van der Waals surface area contributed by atoms with Crippen LogP contribution in [0, 0.1) is 0 Å². The number of rotatable bonds is 38. The SMILES string of the molecule is NC(=O)COCCOCCNC(=O)COCCOCCNC(=O)CC[C@H](NC(=O)CCCCCCCCCCCCCCCCC(=O)O)C(=O)O. The molecule has 0 rings (SSSR count). The topological polar surface area (TPSA) is 242 Å². The summed E-state index contributed by atoms with van der Waals surface area (Å²) in [6, 6.07) is -1.13. The van der Waals surface area contributed by atoms with Gasteiger partial charge in [-0.2, -0.15) is 0 Å². The number of carboxylic acids is 2. The van der Waals surface area contributed by atoms with E-state index in [4.69, 9.17) is 29.8 Å². The Bertz CT molecular complexity index is 954. The quantitative estimate of drug-likeness (QED) is 0.0502. The van der Waals surface area contributed by atoms with E-state index in [0.717, 1.165) is 38.5 Å². The van der Waals surface area contributed by atoms with Crippen molar-refractivity contribution in [3.8, 4) is 0 Å². The molecule has 0 bridgehead atoms. The molecule has 1 atom stereocenters. The van der Waals surface area contributed by atoms with Crippen molar-refractivity contribution in [1.29, 1.82) is 0 Å². The molecule has 0 heterocycles. The molecule has 16 nitrogen and oxygen atoms in total. The lowest BCUT2D eigenvalue weighted by atomic mass is 10.0. The third-order valence-corrected chi connectivity index (χ3v) is 7.70. The van der Waals surface area contributed by atoms with Crippen molar-refractivity contribution in [2.24, 2.45) is 5.73 Å². The summed E-state index contributed by atoms with van der Waals surface area (Å²) in [5, 5.41) is 25.9. The molecule has 4 amide bonds. The molecule has 0 saturated heterocycles. The van der Waals surface area contributed by atoms with E-state index in [2.05, 4.69) is 16.0 Å². The lowest BCUT2D eigenvalue weighted by Crippen LogP contribution is -2.41. The maximum atomic E-state index is 12.3. The molecule has 0 spiro atoms. The van der Waals surface area contributed by atoms with Crippen LogP contribution in [0.25, 0.3) is 0 Å². The zero-order valence-corrected chi connectivity index (χ0v) is 30.4. The normalized spacial score (nSPS) is 11.5. The molecule has 51 heavy (non-hydrogen) atoms. The molecule has 0 aromatic carbocycles. The number of amides is 4. The first kappa shape index (κ1) is 47.7. The lowest BCUT2D eigenvalue weighted by Gasteiger charge is -2.14. The van der Waals surface area contributed by atoms with Crippen molar-refractivity contribution in [3.05, 3.63) is 0 Å². The van der Waals surface area contributed by atoms with E-state index in [9.17, 15) is 33.9 Å². The van der Waals surface area contributed by atoms with Crippen LogP contribution < -0.4 is 21.7 Å². The fourth-order valence-electron chi connectivity index (χ4n) is 4.92. The maximum absolute atomic E-state index is 12.3. The summed E-state index contributed by atoms with van der Waals surface area (Å²) in [7, 11) is 0. The number of carbonyl (C=O) groups excluding carboxylic acids is 4. The van der Waals surface area contributed by atoms with Gasteiger partial charge in [0.1, 0.15) is 19.3 Å². The predicted octanol–water partition coefficient (Wildman–Crippen LogP) is 2.45. The van der Waals surface area contributed by atoms with Gasteiger partial charge in [0.25, 0.3) is 0 Å². The Labute approximate surface area is 302 Å². The van der Waals surface area contributed by atoms with Crippen LogP contribution in [0.2, 0.25) is 0 Å². The van der Waals surface area contributed by atoms with Gasteiger partial charge in [0.15, 0.2) is 0 Å². The van der Waals surface area contributed by atoms with Gasteiger partial charge in [-0.3, -0.25) is 24.0 Å². The molecule has 0 aromatic rings. The number of primary amides is 1. The molecule has 0 radical (unpaired) electrons. The molecular formula is C35H64N4O12. The van der Waals surface area contributed by atoms with Gasteiger partial charge in [0.2, 0.25) is 23.6 Å². The second-order valence-corrected chi connectivity index (χ2v) is 12.3. The van der Waals surface area contributed by atoms with Gasteiger partial charge < -0.3 is 50.8 Å². The maximum Gasteiger partial charge on any atom is 0.326 e. The van der Waals surface area contributed by atoms with Crippen molar-refractivity contribution in [2.45, 2.75) is 122 Å². The third kappa shape index (κ3) is 36.3. The average Bonchev–Trinajstić information content (AvgIpc) is 3.08.